The maximum Gasteiger partial charge on any atom is 0.272 e. The van der Waals surface area contributed by atoms with E-state index in [0.29, 0.717) is 5.25 Å². The Labute approximate surface area is 88.2 Å². The number of halogens is 2. The zero-order valence-electron chi connectivity index (χ0n) is 8.51. The molecule has 0 spiro atoms. The smallest absolute Gasteiger partial charge is 0.272 e. The van der Waals surface area contributed by atoms with Crippen molar-refractivity contribution in [2.45, 2.75) is 24.0 Å². The molecule has 0 atom stereocenters. The summed E-state index contributed by atoms with van der Waals surface area (Å²) in [6, 6.07) is 0. The summed E-state index contributed by atoms with van der Waals surface area (Å²) in [5, 5.41) is 0.651. The third-order valence-corrected chi connectivity index (χ3v) is 3.76. The molecule has 1 aliphatic heterocycles. The molecule has 5 heteroatoms. The van der Waals surface area contributed by atoms with Crippen LogP contribution >= 0.6 is 11.8 Å². The van der Waals surface area contributed by atoms with Gasteiger partial charge in [0, 0.05) is 5.25 Å². The molecule has 0 amide bonds. The predicted molar refractivity (Wildman–Crippen MR) is 57.0 cm³/mol. The number of thioether (sulfide) groups is 1. The highest BCUT2D eigenvalue weighted by Crippen LogP contribution is 2.23. The highest BCUT2D eigenvalue weighted by Gasteiger charge is 2.31. The molecule has 1 saturated heterocycles. The first kappa shape index (κ1) is 12.2. The summed E-state index contributed by atoms with van der Waals surface area (Å²) in [4.78, 5) is 1.82. The van der Waals surface area contributed by atoms with Crippen LogP contribution in [0.4, 0.5) is 8.78 Å². The molecule has 14 heavy (non-hydrogen) atoms. The van der Waals surface area contributed by atoms with Crippen molar-refractivity contribution in [1.29, 1.82) is 0 Å². The SMILES string of the molecule is CSC1CCN(CC(F)(F)CN)CC1. The standard InChI is InChI=1S/C9H18F2N2S/c1-14-8-2-4-13(5-3-8)7-9(10,11)6-12/h8H,2-7,12H2,1H3. The van der Waals surface area contributed by atoms with Crippen molar-refractivity contribution in [3.63, 3.8) is 0 Å². The second kappa shape index (κ2) is 5.28. The van der Waals surface area contributed by atoms with E-state index in [0.717, 1.165) is 25.9 Å². The molecule has 2 N–H and O–H groups in total. The van der Waals surface area contributed by atoms with E-state index in [9.17, 15) is 8.78 Å². The average molecular weight is 224 g/mol. The molecular formula is C9H18F2N2S. The van der Waals surface area contributed by atoms with E-state index < -0.39 is 12.5 Å². The Hall–Kier alpha value is 0.130. The Morgan fingerprint density at radius 2 is 2.00 bits per heavy atom. The predicted octanol–water partition coefficient (Wildman–Crippen LogP) is 1.41. The van der Waals surface area contributed by atoms with Gasteiger partial charge in [0.1, 0.15) is 0 Å². The summed E-state index contributed by atoms with van der Waals surface area (Å²) in [5.74, 6) is -2.72. The lowest BCUT2D eigenvalue weighted by Crippen LogP contribution is -2.45. The van der Waals surface area contributed by atoms with Gasteiger partial charge in [0.15, 0.2) is 0 Å². The lowest BCUT2D eigenvalue weighted by molar-refractivity contribution is -0.0270. The van der Waals surface area contributed by atoms with E-state index in [2.05, 4.69) is 6.26 Å². The van der Waals surface area contributed by atoms with Crippen molar-refractivity contribution in [3.05, 3.63) is 0 Å². The van der Waals surface area contributed by atoms with E-state index in [4.69, 9.17) is 5.73 Å². The second-order valence-electron chi connectivity index (χ2n) is 3.77. The number of nitrogens with zero attached hydrogens (tertiary/aromatic N) is 1. The molecule has 1 rings (SSSR count). The molecular weight excluding hydrogens is 206 g/mol. The van der Waals surface area contributed by atoms with Crippen molar-refractivity contribution in [1.82, 2.24) is 4.90 Å². The van der Waals surface area contributed by atoms with Crippen LogP contribution in [0.5, 0.6) is 0 Å². The highest BCUT2D eigenvalue weighted by atomic mass is 32.2. The summed E-state index contributed by atoms with van der Waals surface area (Å²) >= 11 is 1.83. The van der Waals surface area contributed by atoms with Crippen molar-refractivity contribution in [2.75, 3.05) is 32.4 Å². The first-order valence-corrected chi connectivity index (χ1v) is 6.19. The fraction of sp³-hybridized carbons (Fsp3) is 1.00. The monoisotopic (exact) mass is 224 g/mol. The van der Waals surface area contributed by atoms with Gasteiger partial charge in [-0.1, -0.05) is 0 Å². The van der Waals surface area contributed by atoms with E-state index in [1.807, 2.05) is 16.7 Å². The van der Waals surface area contributed by atoms with Crippen LogP contribution in [0, 0.1) is 0 Å². The minimum Gasteiger partial charge on any atom is -0.325 e. The molecule has 0 unspecified atom stereocenters. The van der Waals surface area contributed by atoms with Crippen LogP contribution in [0.2, 0.25) is 0 Å². The largest absolute Gasteiger partial charge is 0.325 e. The van der Waals surface area contributed by atoms with Crippen LogP contribution < -0.4 is 5.73 Å². The quantitative estimate of drug-likeness (QED) is 0.783. The first-order valence-electron chi connectivity index (χ1n) is 4.90. The zero-order chi connectivity index (χ0) is 10.6. The van der Waals surface area contributed by atoms with Gasteiger partial charge in [-0.2, -0.15) is 11.8 Å². The van der Waals surface area contributed by atoms with E-state index >= 15 is 0 Å². The van der Waals surface area contributed by atoms with E-state index in [1.54, 1.807) is 0 Å². The van der Waals surface area contributed by atoms with Crippen molar-refractivity contribution < 1.29 is 8.78 Å². The van der Waals surface area contributed by atoms with Crippen LogP contribution in [0.25, 0.3) is 0 Å². The highest BCUT2D eigenvalue weighted by molar-refractivity contribution is 7.99. The van der Waals surface area contributed by atoms with Crippen molar-refractivity contribution in [2.24, 2.45) is 5.73 Å². The summed E-state index contributed by atoms with van der Waals surface area (Å²) < 4.78 is 25.9. The minimum atomic E-state index is -2.72. The number of hydrogen-bond donors (Lipinski definition) is 1. The third-order valence-electron chi connectivity index (χ3n) is 2.62. The molecule has 0 aromatic carbocycles. The molecule has 1 aliphatic rings. The Morgan fingerprint density at radius 3 is 2.43 bits per heavy atom. The first-order chi connectivity index (χ1) is 6.57. The van der Waals surface area contributed by atoms with Gasteiger partial charge in [0.05, 0.1) is 13.1 Å². The number of hydrogen-bond acceptors (Lipinski definition) is 3. The molecule has 0 bridgehead atoms. The molecule has 0 aliphatic carbocycles. The summed E-state index contributed by atoms with van der Waals surface area (Å²) in [6.07, 6.45) is 4.11. The van der Waals surface area contributed by atoms with Crippen LogP contribution in [-0.4, -0.2) is 48.5 Å². The Bertz CT molecular complexity index is 170. The number of alkyl halides is 2. The molecule has 1 fully saturated rings. The summed E-state index contributed by atoms with van der Waals surface area (Å²) in [5.41, 5.74) is 5.00. The average Bonchev–Trinajstić information content (AvgIpc) is 2.19. The zero-order valence-corrected chi connectivity index (χ0v) is 9.33. The normalized spacial score (nSPS) is 21.4. The molecule has 84 valence electrons. The van der Waals surface area contributed by atoms with Gasteiger partial charge in [0.2, 0.25) is 0 Å². The number of nitrogens with two attached hydrogens (primary N) is 1. The third kappa shape index (κ3) is 3.71. The topological polar surface area (TPSA) is 29.3 Å². The molecule has 0 aromatic heterocycles. The fourth-order valence-corrected chi connectivity index (χ4v) is 2.38. The van der Waals surface area contributed by atoms with Gasteiger partial charge >= 0.3 is 0 Å². The number of likely N-dealkylation sites (tertiary alicyclic amines) is 1. The Morgan fingerprint density at radius 1 is 1.43 bits per heavy atom. The molecule has 0 radical (unpaired) electrons. The maximum absolute atomic E-state index is 12.9. The molecule has 0 saturated carbocycles. The van der Waals surface area contributed by atoms with Crippen LogP contribution in [0.1, 0.15) is 12.8 Å². The lowest BCUT2D eigenvalue weighted by atomic mass is 10.1. The molecule has 2 nitrogen and oxygen atoms in total. The number of rotatable bonds is 4. The van der Waals surface area contributed by atoms with Crippen molar-refractivity contribution in [3.8, 4) is 0 Å². The van der Waals surface area contributed by atoms with E-state index in [-0.39, 0.29) is 6.54 Å². The van der Waals surface area contributed by atoms with Crippen LogP contribution in [-0.2, 0) is 0 Å². The van der Waals surface area contributed by atoms with Crippen LogP contribution in [0.3, 0.4) is 0 Å². The van der Waals surface area contributed by atoms with Crippen LogP contribution in [0.15, 0.2) is 0 Å². The maximum atomic E-state index is 12.9. The van der Waals surface area contributed by atoms with Gasteiger partial charge in [-0.15, -0.1) is 0 Å². The van der Waals surface area contributed by atoms with Crippen molar-refractivity contribution >= 4 is 11.8 Å². The second-order valence-corrected chi connectivity index (χ2v) is 4.91. The van der Waals surface area contributed by atoms with Gasteiger partial charge < -0.3 is 5.73 Å². The summed E-state index contributed by atoms with van der Waals surface area (Å²) in [6.45, 7) is 0.836. The van der Waals surface area contributed by atoms with Gasteiger partial charge in [-0.25, -0.2) is 8.78 Å². The Kier molecular flexibility index (Phi) is 4.60. The van der Waals surface area contributed by atoms with Gasteiger partial charge in [-0.05, 0) is 32.2 Å². The Balaban J connectivity index is 2.28. The number of piperidine rings is 1. The lowest BCUT2D eigenvalue weighted by Gasteiger charge is -2.33. The molecule has 0 aromatic rings. The fourth-order valence-electron chi connectivity index (χ4n) is 1.69. The minimum absolute atomic E-state index is 0.176. The van der Waals surface area contributed by atoms with E-state index in [1.165, 1.54) is 0 Å². The summed E-state index contributed by atoms with van der Waals surface area (Å²) in [7, 11) is 0. The van der Waals surface area contributed by atoms with Gasteiger partial charge in [-0.3, -0.25) is 4.90 Å². The molecule has 1 heterocycles. The van der Waals surface area contributed by atoms with Gasteiger partial charge in [0.25, 0.3) is 5.92 Å².